The van der Waals surface area contributed by atoms with Crippen molar-refractivity contribution in [1.82, 2.24) is 15.2 Å². The number of rotatable bonds is 1. The van der Waals surface area contributed by atoms with E-state index in [4.69, 9.17) is 9.15 Å². The van der Waals surface area contributed by atoms with E-state index in [-0.39, 0.29) is 17.8 Å². The number of likely N-dealkylation sites (tertiary alicyclic amines) is 1. The molecule has 1 aromatic carbocycles. The van der Waals surface area contributed by atoms with Crippen LogP contribution in [0.2, 0.25) is 0 Å². The molecule has 1 fully saturated rings. The van der Waals surface area contributed by atoms with Gasteiger partial charge >= 0.3 is 6.09 Å². The Labute approximate surface area is 216 Å². The summed E-state index contributed by atoms with van der Waals surface area (Å²) in [6, 6.07) is 8.25. The van der Waals surface area contributed by atoms with Gasteiger partial charge in [0.2, 0.25) is 0 Å². The third-order valence-electron chi connectivity index (χ3n) is 6.82. The number of aromatic nitrogens is 1. The predicted octanol–water partition coefficient (Wildman–Crippen LogP) is 5.55. The van der Waals surface area contributed by atoms with Gasteiger partial charge in [-0.15, -0.1) is 0 Å². The van der Waals surface area contributed by atoms with Gasteiger partial charge in [-0.1, -0.05) is 26.0 Å². The summed E-state index contributed by atoms with van der Waals surface area (Å²) in [5, 5.41) is 3.13. The summed E-state index contributed by atoms with van der Waals surface area (Å²) in [6.07, 6.45) is 3.37. The number of furan rings is 1. The maximum absolute atomic E-state index is 13.8. The lowest BCUT2D eigenvalue weighted by Gasteiger charge is -2.51. The van der Waals surface area contributed by atoms with E-state index in [0.29, 0.717) is 54.3 Å². The van der Waals surface area contributed by atoms with Crippen LogP contribution in [-0.4, -0.2) is 46.1 Å². The number of halogens is 1. The number of aryl methyl sites for hydroxylation is 1. The standard InChI is InChI=1S/C27H26FN3O4.C2H6/c1-26(2,3)35-25(33)31-13-27(14-31)11-21-22(24(32)30-27)18-8-7-16-12-29-20(10-19(16)23(18)34-21)15-5-4-6-17(28)9-15;1-2/h4-6,9-10,12H,7-8,11,13-14H2,1-3H3,(H,30,32);1-2H3. The van der Waals surface area contributed by atoms with E-state index in [9.17, 15) is 14.0 Å². The van der Waals surface area contributed by atoms with Crippen LogP contribution in [0, 0.1) is 5.82 Å². The molecule has 0 radical (unpaired) electrons. The first kappa shape index (κ1) is 25.0. The summed E-state index contributed by atoms with van der Waals surface area (Å²) in [7, 11) is 0. The summed E-state index contributed by atoms with van der Waals surface area (Å²) in [5.41, 5.74) is 3.66. The molecule has 1 aliphatic carbocycles. The van der Waals surface area contributed by atoms with Gasteiger partial charge < -0.3 is 19.4 Å². The van der Waals surface area contributed by atoms with Crippen LogP contribution in [0.4, 0.5) is 9.18 Å². The molecule has 6 rings (SSSR count). The van der Waals surface area contributed by atoms with Crippen molar-refractivity contribution in [2.45, 2.75) is 65.0 Å². The minimum atomic E-state index is -0.574. The van der Waals surface area contributed by atoms with Crippen molar-refractivity contribution < 1.29 is 23.1 Å². The van der Waals surface area contributed by atoms with Gasteiger partial charge in [0.05, 0.1) is 16.8 Å². The number of carbonyl (C=O) groups is 2. The molecule has 1 saturated heterocycles. The number of amides is 2. The lowest BCUT2D eigenvalue weighted by molar-refractivity contribution is -0.0179. The highest BCUT2D eigenvalue weighted by Gasteiger charge is 2.52. The van der Waals surface area contributed by atoms with Crippen molar-refractivity contribution in [3.8, 4) is 22.6 Å². The van der Waals surface area contributed by atoms with Gasteiger partial charge in [-0.2, -0.15) is 0 Å². The van der Waals surface area contributed by atoms with Crippen LogP contribution in [0.5, 0.6) is 0 Å². The molecule has 3 aromatic rings. The topological polar surface area (TPSA) is 84.7 Å². The zero-order valence-electron chi connectivity index (χ0n) is 21.9. The first-order chi connectivity index (χ1) is 17.6. The van der Waals surface area contributed by atoms with Crippen molar-refractivity contribution in [3.05, 3.63) is 64.8 Å². The average molecular weight is 506 g/mol. The molecule has 4 heterocycles. The molecule has 0 unspecified atom stereocenters. The molecule has 1 spiro atoms. The molecule has 3 aliphatic rings. The van der Waals surface area contributed by atoms with Crippen molar-refractivity contribution in [1.29, 1.82) is 0 Å². The van der Waals surface area contributed by atoms with Gasteiger partial charge in [0.25, 0.3) is 5.91 Å². The normalized spacial score (nSPS) is 16.9. The molecular formula is C29H32FN3O4. The van der Waals surface area contributed by atoms with Crippen LogP contribution < -0.4 is 5.32 Å². The maximum Gasteiger partial charge on any atom is 0.410 e. The van der Waals surface area contributed by atoms with E-state index in [2.05, 4.69) is 10.3 Å². The second-order valence-electron chi connectivity index (χ2n) is 10.7. The molecule has 0 saturated carbocycles. The van der Waals surface area contributed by atoms with Gasteiger partial charge in [-0.05, 0) is 57.4 Å². The van der Waals surface area contributed by atoms with Gasteiger partial charge in [-0.25, -0.2) is 9.18 Å². The lowest BCUT2D eigenvalue weighted by atomic mass is 9.80. The molecule has 0 bridgehead atoms. The summed E-state index contributed by atoms with van der Waals surface area (Å²) in [4.78, 5) is 31.7. The Kier molecular flexibility index (Phi) is 6.09. The first-order valence-corrected chi connectivity index (χ1v) is 12.8. The number of nitrogens with zero attached hydrogens (tertiary/aromatic N) is 2. The van der Waals surface area contributed by atoms with Crippen molar-refractivity contribution in [2.75, 3.05) is 13.1 Å². The molecule has 2 amide bonds. The van der Waals surface area contributed by atoms with E-state index < -0.39 is 11.1 Å². The monoisotopic (exact) mass is 505 g/mol. The van der Waals surface area contributed by atoms with Gasteiger partial charge in [0.15, 0.2) is 0 Å². The number of ether oxygens (including phenoxy) is 1. The largest absolute Gasteiger partial charge is 0.460 e. The summed E-state index contributed by atoms with van der Waals surface area (Å²) in [5.74, 6) is 0.855. The van der Waals surface area contributed by atoms with Crippen LogP contribution in [0.1, 0.15) is 61.9 Å². The van der Waals surface area contributed by atoms with Gasteiger partial charge in [-0.3, -0.25) is 9.78 Å². The third-order valence-corrected chi connectivity index (χ3v) is 6.82. The number of hydrogen-bond donors (Lipinski definition) is 1. The maximum atomic E-state index is 13.8. The molecule has 1 N–H and O–H groups in total. The van der Waals surface area contributed by atoms with E-state index in [1.165, 1.54) is 12.1 Å². The molecule has 7 nitrogen and oxygen atoms in total. The van der Waals surface area contributed by atoms with Crippen molar-refractivity contribution in [2.24, 2.45) is 0 Å². The first-order valence-electron chi connectivity index (χ1n) is 12.8. The fraction of sp³-hybridized carbons (Fsp3) is 0.414. The Morgan fingerprint density at radius 2 is 1.95 bits per heavy atom. The number of hydrogen-bond acceptors (Lipinski definition) is 5. The van der Waals surface area contributed by atoms with Crippen molar-refractivity contribution >= 4 is 12.0 Å². The van der Waals surface area contributed by atoms with E-state index >= 15 is 0 Å². The van der Waals surface area contributed by atoms with Crippen LogP contribution in [-0.2, 0) is 24.0 Å². The highest BCUT2D eigenvalue weighted by atomic mass is 19.1. The number of pyridine rings is 1. The van der Waals surface area contributed by atoms with Crippen LogP contribution in [0.25, 0.3) is 22.6 Å². The molecule has 2 aromatic heterocycles. The Morgan fingerprint density at radius 1 is 1.19 bits per heavy atom. The molecule has 194 valence electrons. The quantitative estimate of drug-likeness (QED) is 0.469. The summed E-state index contributed by atoms with van der Waals surface area (Å²) in [6.45, 7) is 10.2. The Bertz CT molecular complexity index is 1380. The second-order valence-corrected chi connectivity index (χ2v) is 10.7. The Morgan fingerprint density at radius 3 is 2.65 bits per heavy atom. The number of nitrogens with one attached hydrogen (secondary N) is 1. The van der Waals surface area contributed by atoms with E-state index in [1.54, 1.807) is 11.0 Å². The highest BCUT2D eigenvalue weighted by Crippen LogP contribution is 2.43. The summed E-state index contributed by atoms with van der Waals surface area (Å²) >= 11 is 0. The molecular weight excluding hydrogens is 473 g/mol. The lowest BCUT2D eigenvalue weighted by Crippen LogP contribution is -2.73. The minimum absolute atomic E-state index is 0.164. The Hall–Kier alpha value is -3.68. The van der Waals surface area contributed by atoms with E-state index in [0.717, 1.165) is 23.1 Å². The van der Waals surface area contributed by atoms with Crippen LogP contribution in [0.15, 0.2) is 40.9 Å². The number of benzene rings is 1. The molecule has 37 heavy (non-hydrogen) atoms. The fourth-order valence-corrected chi connectivity index (χ4v) is 5.31. The third kappa shape index (κ3) is 4.49. The molecule has 8 heteroatoms. The van der Waals surface area contributed by atoms with Crippen molar-refractivity contribution in [3.63, 3.8) is 0 Å². The van der Waals surface area contributed by atoms with Gasteiger partial charge in [0, 0.05) is 42.4 Å². The minimum Gasteiger partial charge on any atom is -0.460 e. The fourth-order valence-electron chi connectivity index (χ4n) is 5.31. The second kappa shape index (κ2) is 9.01. The smallest absolute Gasteiger partial charge is 0.410 e. The molecule has 0 atom stereocenters. The predicted molar refractivity (Wildman–Crippen MR) is 138 cm³/mol. The highest BCUT2D eigenvalue weighted by molar-refractivity contribution is 6.01. The van der Waals surface area contributed by atoms with Crippen LogP contribution >= 0.6 is 0 Å². The SMILES string of the molecule is CC.CC(C)(C)OC(=O)N1CC2(Cc3oc4c(c3C(=O)N2)CCc2cnc(-c3cccc(F)c3)cc2-4)C1. The number of carbonyl (C=O) groups excluding carboxylic acids is 2. The van der Waals surface area contributed by atoms with Gasteiger partial charge in [0.1, 0.15) is 22.9 Å². The Balaban J connectivity index is 0.00000137. The number of fused-ring (bicyclic) bond motifs is 5. The molecule has 2 aliphatic heterocycles. The summed E-state index contributed by atoms with van der Waals surface area (Å²) < 4.78 is 25.6. The average Bonchev–Trinajstić information content (AvgIpc) is 3.21. The zero-order chi connectivity index (χ0) is 26.5. The zero-order valence-corrected chi connectivity index (χ0v) is 21.9. The van der Waals surface area contributed by atoms with E-state index in [1.807, 2.05) is 52.9 Å². The van der Waals surface area contributed by atoms with Crippen LogP contribution in [0.3, 0.4) is 0 Å².